The minimum atomic E-state index is 0.174. The van der Waals surface area contributed by atoms with E-state index in [0.717, 1.165) is 0 Å². The molecule has 0 spiro atoms. The minimum Gasteiger partial charge on any atom is -0.339 e. The van der Waals surface area contributed by atoms with Crippen molar-refractivity contribution >= 4 is 0 Å². The highest BCUT2D eigenvalue weighted by Gasteiger charge is 2.27. The van der Waals surface area contributed by atoms with Gasteiger partial charge < -0.3 is 9.84 Å². The molecule has 6 heteroatoms. The summed E-state index contributed by atoms with van der Waals surface area (Å²) in [5.41, 5.74) is 0.671. The van der Waals surface area contributed by atoms with Crippen molar-refractivity contribution in [2.45, 2.75) is 32.7 Å². The molecule has 0 fully saturated rings. The predicted octanol–water partition coefficient (Wildman–Crippen LogP) is 1.87. The number of nitrogens with zero attached hydrogens (tertiary/aromatic N) is 4. The van der Waals surface area contributed by atoms with Crippen LogP contribution < -0.4 is 5.32 Å². The SMILES string of the molecule is CNC(C)C(c1nc(-c2ccncn2)no1)C(C)C. The highest BCUT2D eigenvalue weighted by atomic mass is 16.5. The average Bonchev–Trinajstić information content (AvgIpc) is 2.88. The maximum atomic E-state index is 5.40. The van der Waals surface area contributed by atoms with Crippen molar-refractivity contribution in [3.63, 3.8) is 0 Å². The molecule has 0 aliphatic rings. The van der Waals surface area contributed by atoms with E-state index in [1.165, 1.54) is 6.33 Å². The Morgan fingerprint density at radius 2 is 2.05 bits per heavy atom. The van der Waals surface area contributed by atoms with Gasteiger partial charge in [0.2, 0.25) is 11.7 Å². The number of nitrogens with one attached hydrogen (secondary N) is 1. The van der Waals surface area contributed by atoms with Crippen molar-refractivity contribution in [2.24, 2.45) is 5.92 Å². The standard InChI is InChI=1S/C13H19N5O/c1-8(2)11(9(3)14-4)13-17-12(18-19-13)10-5-6-15-7-16-10/h5-9,11,14H,1-4H3. The summed E-state index contributed by atoms with van der Waals surface area (Å²) in [6, 6.07) is 2.03. The van der Waals surface area contributed by atoms with Crippen LogP contribution in [0.5, 0.6) is 0 Å². The summed E-state index contributed by atoms with van der Waals surface area (Å²) in [5, 5.41) is 7.24. The molecule has 0 saturated heterocycles. The Hall–Kier alpha value is -1.82. The lowest BCUT2D eigenvalue weighted by Crippen LogP contribution is -2.32. The molecule has 0 saturated carbocycles. The van der Waals surface area contributed by atoms with E-state index in [0.29, 0.717) is 23.3 Å². The molecule has 0 aliphatic heterocycles. The van der Waals surface area contributed by atoms with Crippen molar-refractivity contribution in [1.82, 2.24) is 25.4 Å². The first kappa shape index (κ1) is 13.6. The molecule has 0 amide bonds. The molecule has 2 aromatic heterocycles. The van der Waals surface area contributed by atoms with Gasteiger partial charge in [0.1, 0.15) is 12.0 Å². The zero-order valence-corrected chi connectivity index (χ0v) is 11.7. The number of hydrogen-bond donors (Lipinski definition) is 1. The molecule has 102 valence electrons. The largest absolute Gasteiger partial charge is 0.339 e. The summed E-state index contributed by atoms with van der Waals surface area (Å²) in [4.78, 5) is 12.5. The molecule has 0 aliphatic carbocycles. The zero-order chi connectivity index (χ0) is 13.8. The number of hydrogen-bond acceptors (Lipinski definition) is 6. The van der Waals surface area contributed by atoms with E-state index >= 15 is 0 Å². The van der Waals surface area contributed by atoms with Crippen LogP contribution in [0.2, 0.25) is 0 Å². The molecule has 0 radical (unpaired) electrons. The Kier molecular flexibility index (Phi) is 4.21. The maximum absolute atomic E-state index is 5.40. The van der Waals surface area contributed by atoms with Crippen molar-refractivity contribution in [3.05, 3.63) is 24.5 Å². The van der Waals surface area contributed by atoms with Gasteiger partial charge >= 0.3 is 0 Å². The molecule has 19 heavy (non-hydrogen) atoms. The predicted molar refractivity (Wildman–Crippen MR) is 71.4 cm³/mol. The van der Waals surface area contributed by atoms with Crippen molar-refractivity contribution < 1.29 is 4.52 Å². The van der Waals surface area contributed by atoms with Gasteiger partial charge in [-0.25, -0.2) is 9.97 Å². The van der Waals surface area contributed by atoms with Crippen LogP contribution in [0.25, 0.3) is 11.5 Å². The molecule has 0 bridgehead atoms. The fraction of sp³-hybridized carbons (Fsp3) is 0.538. The Morgan fingerprint density at radius 1 is 1.26 bits per heavy atom. The monoisotopic (exact) mass is 261 g/mol. The molecule has 6 nitrogen and oxygen atoms in total. The van der Waals surface area contributed by atoms with E-state index in [2.05, 4.69) is 46.2 Å². The van der Waals surface area contributed by atoms with Crippen LogP contribution in [-0.4, -0.2) is 33.2 Å². The van der Waals surface area contributed by atoms with Crippen LogP contribution in [0.3, 0.4) is 0 Å². The number of likely N-dealkylation sites (N-methyl/N-ethyl adjacent to an activating group) is 1. The second-order valence-electron chi connectivity index (χ2n) is 4.90. The van der Waals surface area contributed by atoms with Crippen LogP contribution >= 0.6 is 0 Å². The molecule has 2 unspecified atom stereocenters. The van der Waals surface area contributed by atoms with Crippen molar-refractivity contribution in [1.29, 1.82) is 0 Å². The maximum Gasteiger partial charge on any atom is 0.231 e. The van der Waals surface area contributed by atoms with Gasteiger partial charge in [0.15, 0.2) is 0 Å². The second kappa shape index (κ2) is 5.88. The molecular formula is C13H19N5O. The van der Waals surface area contributed by atoms with Gasteiger partial charge in [-0.2, -0.15) is 4.98 Å². The Balaban J connectivity index is 2.29. The Bertz CT molecular complexity index is 511. The molecule has 2 atom stereocenters. The lowest BCUT2D eigenvalue weighted by atomic mass is 9.89. The van der Waals surface area contributed by atoms with Gasteiger partial charge in [-0.05, 0) is 26.0 Å². The summed E-state index contributed by atoms with van der Waals surface area (Å²) < 4.78 is 5.40. The Labute approximate surface area is 112 Å². The first-order valence-electron chi connectivity index (χ1n) is 6.40. The van der Waals surface area contributed by atoms with Gasteiger partial charge in [0.25, 0.3) is 0 Å². The second-order valence-corrected chi connectivity index (χ2v) is 4.90. The fourth-order valence-corrected chi connectivity index (χ4v) is 2.15. The highest BCUT2D eigenvalue weighted by molar-refractivity contribution is 5.46. The van der Waals surface area contributed by atoms with Crippen LogP contribution in [0.15, 0.2) is 23.1 Å². The van der Waals surface area contributed by atoms with Crippen LogP contribution in [0.1, 0.15) is 32.6 Å². The third kappa shape index (κ3) is 2.96. The van der Waals surface area contributed by atoms with E-state index in [-0.39, 0.29) is 12.0 Å². The number of aromatic nitrogens is 4. The first-order valence-corrected chi connectivity index (χ1v) is 6.40. The van der Waals surface area contributed by atoms with Gasteiger partial charge in [-0.3, -0.25) is 0 Å². The number of rotatable bonds is 5. The third-order valence-electron chi connectivity index (χ3n) is 3.25. The van der Waals surface area contributed by atoms with E-state index in [9.17, 15) is 0 Å². The van der Waals surface area contributed by atoms with E-state index in [1.807, 2.05) is 7.05 Å². The average molecular weight is 261 g/mol. The minimum absolute atomic E-state index is 0.174. The van der Waals surface area contributed by atoms with Crippen LogP contribution in [0.4, 0.5) is 0 Å². The van der Waals surface area contributed by atoms with Gasteiger partial charge in [-0.1, -0.05) is 19.0 Å². The normalized spacial score (nSPS) is 14.6. The molecule has 1 N–H and O–H groups in total. The molecule has 2 heterocycles. The molecular weight excluding hydrogens is 242 g/mol. The quantitative estimate of drug-likeness (QED) is 0.885. The van der Waals surface area contributed by atoms with Crippen molar-refractivity contribution in [2.75, 3.05) is 7.05 Å². The summed E-state index contributed by atoms with van der Waals surface area (Å²) in [7, 11) is 1.93. The van der Waals surface area contributed by atoms with Gasteiger partial charge in [0.05, 0.1) is 5.92 Å². The summed E-state index contributed by atoms with van der Waals surface area (Å²) in [5.74, 6) is 1.73. The third-order valence-corrected chi connectivity index (χ3v) is 3.25. The lowest BCUT2D eigenvalue weighted by Gasteiger charge is -2.23. The van der Waals surface area contributed by atoms with E-state index < -0.39 is 0 Å². The van der Waals surface area contributed by atoms with E-state index in [4.69, 9.17) is 4.52 Å². The lowest BCUT2D eigenvalue weighted by molar-refractivity contribution is 0.286. The molecule has 2 aromatic rings. The summed E-state index contributed by atoms with van der Waals surface area (Å²) in [6.45, 7) is 6.40. The van der Waals surface area contributed by atoms with Gasteiger partial charge in [0, 0.05) is 12.2 Å². The molecule has 0 aromatic carbocycles. The zero-order valence-electron chi connectivity index (χ0n) is 11.7. The molecule has 2 rings (SSSR count). The van der Waals surface area contributed by atoms with Crippen LogP contribution in [-0.2, 0) is 0 Å². The summed E-state index contributed by atoms with van der Waals surface area (Å²) in [6.07, 6.45) is 3.13. The fourth-order valence-electron chi connectivity index (χ4n) is 2.15. The first-order chi connectivity index (χ1) is 9.13. The van der Waals surface area contributed by atoms with Crippen molar-refractivity contribution in [3.8, 4) is 11.5 Å². The van der Waals surface area contributed by atoms with Crippen LogP contribution in [0, 0.1) is 5.92 Å². The van der Waals surface area contributed by atoms with Gasteiger partial charge in [-0.15, -0.1) is 0 Å². The van der Waals surface area contributed by atoms with E-state index in [1.54, 1.807) is 12.3 Å². The topological polar surface area (TPSA) is 76.7 Å². The smallest absolute Gasteiger partial charge is 0.231 e. The Morgan fingerprint density at radius 3 is 2.63 bits per heavy atom. The highest BCUT2D eigenvalue weighted by Crippen LogP contribution is 2.27. The summed E-state index contributed by atoms with van der Waals surface area (Å²) >= 11 is 0.